The molecule has 1 heterocycles. The molecule has 1 aliphatic heterocycles. The van der Waals surface area contributed by atoms with Crippen molar-refractivity contribution in [3.63, 3.8) is 0 Å². The van der Waals surface area contributed by atoms with Crippen LogP contribution in [0.5, 0.6) is 0 Å². The number of carbonyl (C=O) groups is 2. The number of nitrogens with one attached hydrogen (secondary N) is 1. The highest BCUT2D eigenvalue weighted by molar-refractivity contribution is 6.36. The van der Waals surface area contributed by atoms with E-state index in [0.29, 0.717) is 11.6 Å². The lowest BCUT2D eigenvalue weighted by atomic mass is 9.84. The summed E-state index contributed by atoms with van der Waals surface area (Å²) in [6.45, 7) is 5.84. The summed E-state index contributed by atoms with van der Waals surface area (Å²) in [5, 5.41) is 2.85. The number of carbonyl (C=O) groups excluding carboxylic acids is 2. The van der Waals surface area contributed by atoms with Crippen LogP contribution >= 0.6 is 0 Å². The number of ketones is 1. The highest BCUT2D eigenvalue weighted by Crippen LogP contribution is 2.32. The van der Waals surface area contributed by atoms with Crippen molar-refractivity contribution in [2.45, 2.75) is 57.7 Å². The molecule has 1 saturated carbocycles. The minimum absolute atomic E-state index is 0.107. The molecule has 172 valence electrons. The molecule has 0 unspecified atom stereocenters. The van der Waals surface area contributed by atoms with Crippen LogP contribution in [0.25, 0.3) is 0 Å². The fraction of sp³-hybridized carbons (Fsp3) is 0.652. The molecule has 5 nitrogen and oxygen atoms in total. The van der Waals surface area contributed by atoms with E-state index in [-0.39, 0.29) is 18.2 Å². The predicted molar refractivity (Wildman–Crippen MR) is 114 cm³/mol. The largest absolute Gasteiger partial charge is 0.416 e. The summed E-state index contributed by atoms with van der Waals surface area (Å²) in [6, 6.07) is 5.68. The lowest BCUT2D eigenvalue weighted by Gasteiger charge is -2.37. The van der Waals surface area contributed by atoms with E-state index >= 15 is 0 Å². The van der Waals surface area contributed by atoms with Gasteiger partial charge in [0.2, 0.25) is 5.78 Å². The predicted octanol–water partition coefficient (Wildman–Crippen LogP) is 3.87. The van der Waals surface area contributed by atoms with Gasteiger partial charge in [-0.15, -0.1) is 0 Å². The standard InChI is InChI=1S/C23H32F3N3O2/c1-2-21(30)22(31)27-19-8-6-17(7-9-19)10-11-28-12-14-29(15-13-28)20-5-3-4-18(16-20)23(24,25)26/h3-5,16-17,19H,2,6-15H2,1H3,(H,27,31). The molecule has 3 rings (SSSR count). The van der Waals surface area contributed by atoms with E-state index in [1.807, 2.05) is 4.90 Å². The van der Waals surface area contributed by atoms with Gasteiger partial charge in [-0.05, 0) is 62.8 Å². The number of hydrogen-bond donors (Lipinski definition) is 1. The Kier molecular flexibility index (Phi) is 7.97. The van der Waals surface area contributed by atoms with Gasteiger partial charge in [0.05, 0.1) is 5.56 Å². The van der Waals surface area contributed by atoms with Crippen molar-refractivity contribution < 1.29 is 22.8 Å². The molecule has 1 N–H and O–H groups in total. The number of rotatable bonds is 7. The van der Waals surface area contributed by atoms with Crippen molar-refractivity contribution >= 4 is 17.4 Å². The minimum Gasteiger partial charge on any atom is -0.369 e. The smallest absolute Gasteiger partial charge is 0.369 e. The fourth-order valence-electron chi connectivity index (χ4n) is 4.50. The van der Waals surface area contributed by atoms with Gasteiger partial charge in [-0.3, -0.25) is 14.5 Å². The molecule has 1 aromatic rings. The normalized spacial score (nSPS) is 22.9. The molecule has 0 radical (unpaired) electrons. The van der Waals surface area contributed by atoms with Gasteiger partial charge in [0.15, 0.2) is 0 Å². The van der Waals surface area contributed by atoms with Crippen LogP contribution in [0.4, 0.5) is 18.9 Å². The maximum absolute atomic E-state index is 13.0. The molecule has 31 heavy (non-hydrogen) atoms. The Hall–Kier alpha value is -2.09. The first-order chi connectivity index (χ1) is 14.8. The monoisotopic (exact) mass is 439 g/mol. The zero-order chi connectivity index (χ0) is 22.4. The molecule has 1 amide bonds. The quantitative estimate of drug-likeness (QED) is 0.656. The summed E-state index contributed by atoms with van der Waals surface area (Å²) in [6.07, 6.45) is 0.948. The SMILES string of the molecule is CCC(=O)C(=O)NC1CCC(CCN2CCN(c3cccc(C(F)(F)F)c3)CC2)CC1. The second-order valence-corrected chi connectivity index (χ2v) is 8.63. The molecule has 0 bridgehead atoms. The van der Waals surface area contributed by atoms with Crippen LogP contribution in [-0.4, -0.2) is 55.4 Å². The van der Waals surface area contributed by atoms with E-state index < -0.39 is 17.6 Å². The number of alkyl halides is 3. The number of piperazine rings is 1. The molecule has 8 heteroatoms. The van der Waals surface area contributed by atoms with Crippen LogP contribution in [0.2, 0.25) is 0 Å². The third-order valence-electron chi connectivity index (χ3n) is 6.52. The maximum Gasteiger partial charge on any atom is 0.416 e. The Morgan fingerprint density at radius 3 is 2.35 bits per heavy atom. The number of halogens is 3. The van der Waals surface area contributed by atoms with Gasteiger partial charge in [-0.1, -0.05) is 13.0 Å². The van der Waals surface area contributed by atoms with Gasteiger partial charge in [-0.25, -0.2) is 0 Å². The zero-order valence-corrected chi connectivity index (χ0v) is 18.1. The Morgan fingerprint density at radius 2 is 1.74 bits per heavy atom. The van der Waals surface area contributed by atoms with Crippen LogP contribution in [0, 0.1) is 5.92 Å². The van der Waals surface area contributed by atoms with Gasteiger partial charge >= 0.3 is 6.18 Å². The van der Waals surface area contributed by atoms with Gasteiger partial charge in [0, 0.05) is 44.3 Å². The third kappa shape index (κ3) is 6.69. The number of Topliss-reactive ketones (excluding diaryl/α,β-unsaturated/α-hetero) is 1. The van der Waals surface area contributed by atoms with Gasteiger partial charge in [-0.2, -0.15) is 13.2 Å². The van der Waals surface area contributed by atoms with Crippen molar-refractivity contribution in [2.24, 2.45) is 5.92 Å². The Labute approximate surface area is 182 Å². The van der Waals surface area contributed by atoms with E-state index in [2.05, 4.69) is 10.2 Å². The van der Waals surface area contributed by atoms with Gasteiger partial charge in [0.25, 0.3) is 5.91 Å². The molecular weight excluding hydrogens is 407 g/mol. The van der Waals surface area contributed by atoms with Crippen LogP contribution in [0.1, 0.15) is 51.0 Å². The number of benzene rings is 1. The topological polar surface area (TPSA) is 52.7 Å². The Balaban J connectivity index is 1.37. The maximum atomic E-state index is 13.0. The Morgan fingerprint density at radius 1 is 1.06 bits per heavy atom. The van der Waals surface area contributed by atoms with Crippen molar-refractivity contribution in [1.82, 2.24) is 10.2 Å². The summed E-state index contributed by atoms with van der Waals surface area (Å²) in [4.78, 5) is 27.6. The van der Waals surface area contributed by atoms with Crippen molar-refractivity contribution in [3.8, 4) is 0 Å². The first-order valence-electron chi connectivity index (χ1n) is 11.2. The molecule has 0 spiro atoms. The first kappa shape index (κ1) is 23.6. The molecule has 0 atom stereocenters. The van der Waals surface area contributed by atoms with Gasteiger partial charge in [0.1, 0.15) is 0 Å². The molecule has 1 aliphatic carbocycles. The van der Waals surface area contributed by atoms with Gasteiger partial charge < -0.3 is 10.2 Å². The lowest BCUT2D eigenvalue weighted by molar-refractivity contribution is -0.138. The average molecular weight is 440 g/mol. The summed E-state index contributed by atoms with van der Waals surface area (Å²) in [5.74, 6) is -0.187. The van der Waals surface area contributed by atoms with E-state index in [9.17, 15) is 22.8 Å². The molecular formula is C23H32F3N3O2. The van der Waals surface area contributed by atoms with Crippen LogP contribution in [0.3, 0.4) is 0 Å². The second-order valence-electron chi connectivity index (χ2n) is 8.63. The zero-order valence-electron chi connectivity index (χ0n) is 18.1. The van der Waals surface area contributed by atoms with Crippen LogP contribution in [0.15, 0.2) is 24.3 Å². The highest BCUT2D eigenvalue weighted by atomic mass is 19.4. The number of amides is 1. The number of hydrogen-bond acceptors (Lipinski definition) is 4. The number of anilines is 1. The van der Waals surface area contributed by atoms with E-state index in [0.717, 1.165) is 70.9 Å². The van der Waals surface area contributed by atoms with Crippen molar-refractivity contribution in [1.29, 1.82) is 0 Å². The fourth-order valence-corrected chi connectivity index (χ4v) is 4.50. The lowest BCUT2D eigenvalue weighted by Crippen LogP contribution is -2.47. The summed E-state index contributed by atoms with van der Waals surface area (Å²) < 4.78 is 38.9. The molecule has 2 fully saturated rings. The highest BCUT2D eigenvalue weighted by Gasteiger charge is 2.31. The average Bonchev–Trinajstić information content (AvgIpc) is 2.78. The molecule has 2 aliphatic rings. The molecule has 0 aromatic heterocycles. The summed E-state index contributed by atoms with van der Waals surface area (Å²) in [7, 11) is 0. The van der Waals surface area contributed by atoms with Crippen LogP contribution in [-0.2, 0) is 15.8 Å². The summed E-state index contributed by atoms with van der Waals surface area (Å²) in [5.41, 5.74) is 0.0367. The van der Waals surface area contributed by atoms with Crippen molar-refractivity contribution in [3.05, 3.63) is 29.8 Å². The molecule has 1 saturated heterocycles. The van der Waals surface area contributed by atoms with Crippen molar-refractivity contribution in [2.75, 3.05) is 37.6 Å². The van der Waals surface area contributed by atoms with E-state index in [4.69, 9.17) is 0 Å². The first-order valence-corrected chi connectivity index (χ1v) is 11.2. The summed E-state index contributed by atoms with van der Waals surface area (Å²) >= 11 is 0. The van der Waals surface area contributed by atoms with E-state index in [1.54, 1.807) is 13.0 Å². The molecule has 1 aromatic carbocycles. The number of nitrogens with zero attached hydrogens (tertiary/aromatic N) is 2. The van der Waals surface area contributed by atoms with E-state index in [1.165, 1.54) is 12.1 Å². The Bertz CT molecular complexity index is 753. The minimum atomic E-state index is -4.31. The van der Waals surface area contributed by atoms with Crippen LogP contribution < -0.4 is 10.2 Å². The second kappa shape index (κ2) is 10.5. The third-order valence-corrected chi connectivity index (χ3v) is 6.52.